The van der Waals surface area contributed by atoms with Gasteiger partial charge in [-0.1, -0.05) is 6.92 Å². The van der Waals surface area contributed by atoms with Crippen LogP contribution >= 0.6 is 0 Å². The number of ether oxygens (including phenoxy) is 1. The van der Waals surface area contributed by atoms with E-state index in [1.165, 1.54) is 0 Å². The third-order valence-corrected chi connectivity index (χ3v) is 5.88. The van der Waals surface area contributed by atoms with Gasteiger partial charge in [0, 0.05) is 44.6 Å². The summed E-state index contributed by atoms with van der Waals surface area (Å²) in [6.45, 7) is 8.33. The number of aromatic nitrogens is 4. The van der Waals surface area contributed by atoms with Crippen LogP contribution in [0, 0.1) is 11.8 Å². The molecule has 4 rings (SSSR count). The summed E-state index contributed by atoms with van der Waals surface area (Å²) in [5, 5.41) is 11.3. The van der Waals surface area contributed by atoms with Crippen molar-refractivity contribution in [3.63, 3.8) is 0 Å². The van der Waals surface area contributed by atoms with Crippen LogP contribution < -0.4 is 10.2 Å². The number of carbonyl (C=O) groups excluding carboxylic acids is 2. The molecule has 0 bridgehead atoms. The Balaban J connectivity index is 1.32. The topological polar surface area (TPSA) is 105 Å². The second-order valence-corrected chi connectivity index (χ2v) is 8.50. The molecule has 2 aliphatic rings. The van der Waals surface area contributed by atoms with Gasteiger partial charge in [-0.2, -0.15) is 0 Å². The van der Waals surface area contributed by atoms with Gasteiger partial charge < -0.3 is 19.9 Å². The van der Waals surface area contributed by atoms with Gasteiger partial charge in [0.15, 0.2) is 5.82 Å². The molecule has 162 valence electrons. The van der Waals surface area contributed by atoms with E-state index in [9.17, 15) is 9.59 Å². The molecule has 2 aliphatic heterocycles. The van der Waals surface area contributed by atoms with E-state index in [-0.39, 0.29) is 36.0 Å². The fourth-order valence-electron chi connectivity index (χ4n) is 4.24. The van der Waals surface area contributed by atoms with Crippen LogP contribution in [0.2, 0.25) is 0 Å². The molecule has 2 unspecified atom stereocenters. The Labute approximate surface area is 175 Å². The van der Waals surface area contributed by atoms with Crippen LogP contribution in [0.1, 0.15) is 33.6 Å². The van der Waals surface area contributed by atoms with Gasteiger partial charge in [-0.15, -0.1) is 10.2 Å². The molecule has 0 aromatic carbocycles. The smallest absolute Gasteiger partial charge is 0.410 e. The average Bonchev–Trinajstić information content (AvgIpc) is 3.34. The monoisotopic (exact) mass is 415 g/mol. The first kappa shape index (κ1) is 20.4. The predicted molar refractivity (Wildman–Crippen MR) is 110 cm³/mol. The van der Waals surface area contributed by atoms with E-state index in [1.54, 1.807) is 17.4 Å². The molecule has 10 heteroatoms. The summed E-state index contributed by atoms with van der Waals surface area (Å²) in [5.41, 5.74) is 0.700. The minimum Gasteiger partial charge on any atom is -0.447 e. The van der Waals surface area contributed by atoms with Gasteiger partial charge in [0.25, 0.3) is 0 Å². The maximum absolute atomic E-state index is 13.0. The zero-order valence-corrected chi connectivity index (χ0v) is 17.7. The summed E-state index contributed by atoms with van der Waals surface area (Å²) in [5.74, 6) is 0.922. The highest BCUT2D eigenvalue weighted by Gasteiger charge is 2.37. The van der Waals surface area contributed by atoms with Crippen molar-refractivity contribution in [3.8, 4) is 0 Å². The Morgan fingerprint density at radius 2 is 2.00 bits per heavy atom. The van der Waals surface area contributed by atoms with Crippen LogP contribution in [0.15, 0.2) is 18.7 Å². The first-order chi connectivity index (χ1) is 14.4. The number of nitrogens with one attached hydrogen (secondary N) is 1. The molecule has 0 spiro atoms. The first-order valence-corrected chi connectivity index (χ1v) is 10.6. The van der Waals surface area contributed by atoms with Crippen molar-refractivity contribution in [1.29, 1.82) is 0 Å². The largest absolute Gasteiger partial charge is 0.447 e. The molecule has 2 saturated heterocycles. The van der Waals surface area contributed by atoms with Crippen LogP contribution in [-0.4, -0.2) is 74.8 Å². The molecule has 1 N–H and O–H groups in total. The Kier molecular flexibility index (Phi) is 5.74. The van der Waals surface area contributed by atoms with E-state index < -0.39 is 0 Å². The molecule has 2 amide bonds. The number of carbonyl (C=O) groups is 2. The van der Waals surface area contributed by atoms with Gasteiger partial charge in [-0.3, -0.25) is 9.20 Å². The van der Waals surface area contributed by atoms with Gasteiger partial charge >= 0.3 is 6.09 Å². The van der Waals surface area contributed by atoms with Crippen molar-refractivity contribution in [1.82, 2.24) is 29.8 Å². The van der Waals surface area contributed by atoms with Crippen molar-refractivity contribution in [2.45, 2.75) is 45.8 Å². The Morgan fingerprint density at radius 1 is 1.23 bits per heavy atom. The molecule has 2 atom stereocenters. The Hall–Kier alpha value is -2.91. The third-order valence-electron chi connectivity index (χ3n) is 5.88. The second kappa shape index (κ2) is 8.45. The van der Waals surface area contributed by atoms with E-state index in [2.05, 4.69) is 32.3 Å². The van der Waals surface area contributed by atoms with Crippen molar-refractivity contribution < 1.29 is 14.3 Å². The quantitative estimate of drug-likeness (QED) is 0.803. The number of anilines is 1. The third kappa shape index (κ3) is 4.17. The minimum absolute atomic E-state index is 0.0709. The maximum atomic E-state index is 13.0. The zero-order chi connectivity index (χ0) is 21.3. The standard InChI is InChI=1S/C20H29N7O3/c1-13(2)30-20(29)25-7-4-15(5-8-25)23-19(28)16-11-27(10-14(16)3)17-18-24-22-12-26(18)9-6-21-17/h6,9,12-16H,4-5,7-8,10-11H2,1-3H3,(H,23,28). The SMILES string of the molecule is CC(C)OC(=O)N1CCC(NC(=O)C2CN(c3nccn4cnnc34)CC2C)CC1. The van der Waals surface area contributed by atoms with E-state index in [4.69, 9.17) is 4.74 Å². The minimum atomic E-state index is -0.273. The van der Waals surface area contributed by atoms with Gasteiger partial charge in [-0.05, 0) is 32.6 Å². The number of amides is 2. The fourth-order valence-corrected chi connectivity index (χ4v) is 4.24. The number of likely N-dealkylation sites (tertiary alicyclic amines) is 1. The highest BCUT2D eigenvalue weighted by atomic mass is 16.6. The number of fused-ring (bicyclic) bond motifs is 1. The molecule has 0 saturated carbocycles. The predicted octanol–water partition coefficient (Wildman–Crippen LogP) is 1.32. The zero-order valence-electron chi connectivity index (χ0n) is 17.7. The molecule has 2 aromatic rings. The van der Waals surface area contributed by atoms with Crippen LogP contribution in [0.5, 0.6) is 0 Å². The summed E-state index contributed by atoms with van der Waals surface area (Å²) in [6.07, 6.45) is 6.26. The lowest BCUT2D eigenvalue weighted by Crippen LogP contribution is -2.49. The molecule has 0 radical (unpaired) electrons. The number of hydrogen-bond donors (Lipinski definition) is 1. The fraction of sp³-hybridized carbons (Fsp3) is 0.650. The summed E-state index contributed by atoms with van der Waals surface area (Å²) < 4.78 is 7.09. The van der Waals surface area contributed by atoms with E-state index >= 15 is 0 Å². The summed E-state index contributed by atoms with van der Waals surface area (Å²) in [7, 11) is 0. The van der Waals surface area contributed by atoms with Crippen molar-refractivity contribution in [2.24, 2.45) is 11.8 Å². The highest BCUT2D eigenvalue weighted by Crippen LogP contribution is 2.29. The Morgan fingerprint density at radius 3 is 2.73 bits per heavy atom. The lowest BCUT2D eigenvalue weighted by atomic mass is 9.96. The van der Waals surface area contributed by atoms with Gasteiger partial charge in [-0.25, -0.2) is 9.78 Å². The number of hydrogen-bond acceptors (Lipinski definition) is 7. The second-order valence-electron chi connectivity index (χ2n) is 8.50. The summed E-state index contributed by atoms with van der Waals surface area (Å²) >= 11 is 0. The van der Waals surface area contributed by atoms with Crippen molar-refractivity contribution >= 4 is 23.5 Å². The summed E-state index contributed by atoms with van der Waals surface area (Å²) in [4.78, 5) is 33.3. The van der Waals surface area contributed by atoms with Crippen LogP contribution in [0.3, 0.4) is 0 Å². The lowest BCUT2D eigenvalue weighted by Gasteiger charge is -2.32. The van der Waals surface area contributed by atoms with E-state index in [1.807, 2.05) is 24.4 Å². The Bertz CT molecular complexity index is 907. The normalized spacial score (nSPS) is 22.7. The number of piperidine rings is 1. The van der Waals surface area contributed by atoms with Crippen molar-refractivity contribution in [2.75, 3.05) is 31.1 Å². The molecule has 10 nitrogen and oxygen atoms in total. The van der Waals surface area contributed by atoms with Gasteiger partial charge in [0.05, 0.1) is 12.0 Å². The summed E-state index contributed by atoms with van der Waals surface area (Å²) in [6, 6.07) is 0.0832. The average molecular weight is 415 g/mol. The highest BCUT2D eigenvalue weighted by molar-refractivity contribution is 5.81. The molecule has 4 heterocycles. The molecule has 0 aliphatic carbocycles. The number of nitrogens with zero attached hydrogens (tertiary/aromatic N) is 6. The molecule has 2 fully saturated rings. The van der Waals surface area contributed by atoms with Crippen LogP contribution in [-0.2, 0) is 9.53 Å². The number of rotatable bonds is 4. The van der Waals surface area contributed by atoms with Gasteiger partial charge in [0.2, 0.25) is 11.6 Å². The van der Waals surface area contributed by atoms with Crippen LogP contribution in [0.4, 0.5) is 10.6 Å². The molecular weight excluding hydrogens is 386 g/mol. The maximum Gasteiger partial charge on any atom is 0.410 e. The van der Waals surface area contributed by atoms with Crippen LogP contribution in [0.25, 0.3) is 5.65 Å². The molecule has 2 aromatic heterocycles. The van der Waals surface area contributed by atoms with Gasteiger partial charge in [0.1, 0.15) is 6.33 Å². The molecular formula is C20H29N7O3. The first-order valence-electron chi connectivity index (χ1n) is 10.6. The van der Waals surface area contributed by atoms with E-state index in [0.29, 0.717) is 25.3 Å². The van der Waals surface area contributed by atoms with E-state index in [0.717, 1.165) is 25.2 Å². The molecule has 30 heavy (non-hydrogen) atoms. The lowest BCUT2D eigenvalue weighted by molar-refractivity contribution is -0.126. The van der Waals surface area contributed by atoms with Crippen molar-refractivity contribution in [3.05, 3.63) is 18.7 Å².